The monoisotopic (exact) mass is 594 g/mol. The Hall–Kier alpha value is -3.92. The van der Waals surface area contributed by atoms with Gasteiger partial charge in [-0.15, -0.1) is 0 Å². The van der Waals surface area contributed by atoms with Crippen LogP contribution in [-0.2, 0) is 19.1 Å². The first-order chi connectivity index (χ1) is 20.7. The summed E-state index contributed by atoms with van der Waals surface area (Å²) in [6.07, 6.45) is 1.68. The molecule has 2 heterocycles. The van der Waals surface area contributed by atoms with Crippen LogP contribution < -0.4 is 23.7 Å². The Kier molecular flexibility index (Phi) is 7.66. The maximum atomic E-state index is 13.9. The third kappa shape index (κ3) is 4.85. The molecule has 230 valence electrons. The molecule has 1 N–H and O–H groups in total. The Morgan fingerprint density at radius 1 is 0.977 bits per heavy atom. The molecule has 0 radical (unpaired) electrons. The Bertz CT molecular complexity index is 1450. The lowest BCUT2D eigenvalue weighted by Gasteiger charge is -2.40. The van der Waals surface area contributed by atoms with Gasteiger partial charge >= 0.3 is 11.9 Å². The van der Waals surface area contributed by atoms with E-state index in [2.05, 4.69) is 20.8 Å². The smallest absolute Gasteiger partial charge is 0.337 e. The third-order valence-corrected chi connectivity index (χ3v) is 9.34. The van der Waals surface area contributed by atoms with Crippen LogP contribution in [0.2, 0.25) is 0 Å². The summed E-state index contributed by atoms with van der Waals surface area (Å²) in [4.78, 5) is 27.0. The van der Waals surface area contributed by atoms with Crippen LogP contribution in [-0.4, -0.2) is 57.6 Å². The van der Waals surface area contributed by atoms with Crippen LogP contribution in [0.4, 0.5) is 0 Å². The fraction of sp³-hybridized carbons (Fsp3) is 0.515. The zero-order valence-corrected chi connectivity index (χ0v) is 25.3. The third-order valence-electron chi connectivity index (χ3n) is 9.34. The second kappa shape index (κ2) is 11.3. The number of fused-ring (bicyclic) bond motifs is 3. The van der Waals surface area contributed by atoms with Crippen molar-refractivity contribution >= 4 is 17.5 Å². The molecule has 2 aromatic carbocycles. The van der Waals surface area contributed by atoms with Crippen LogP contribution in [0.5, 0.6) is 28.7 Å². The number of benzene rings is 2. The normalized spacial score (nSPS) is 27.5. The van der Waals surface area contributed by atoms with Gasteiger partial charge in [-0.3, -0.25) is 4.79 Å². The number of carbonyl (C=O) groups excluding carboxylic acids is 1. The number of carboxylic acids is 1. The molecule has 2 aliphatic carbocycles. The van der Waals surface area contributed by atoms with Gasteiger partial charge in [-0.2, -0.15) is 0 Å². The van der Waals surface area contributed by atoms with E-state index in [1.165, 1.54) is 21.3 Å². The molecule has 4 aliphatic rings. The Balaban J connectivity index is 1.56. The highest BCUT2D eigenvalue weighted by Gasteiger charge is 2.55. The predicted molar refractivity (Wildman–Crippen MR) is 155 cm³/mol. The molecule has 0 spiro atoms. The zero-order valence-electron chi connectivity index (χ0n) is 25.3. The van der Waals surface area contributed by atoms with Crippen molar-refractivity contribution in [3.63, 3.8) is 0 Å². The van der Waals surface area contributed by atoms with Crippen molar-refractivity contribution < 1.29 is 47.9 Å². The largest absolute Gasteiger partial charge is 0.493 e. The van der Waals surface area contributed by atoms with Gasteiger partial charge in [0.2, 0.25) is 18.8 Å². The summed E-state index contributed by atoms with van der Waals surface area (Å²) >= 11 is 0. The van der Waals surface area contributed by atoms with Crippen LogP contribution in [0.15, 0.2) is 29.8 Å². The summed E-state index contributed by atoms with van der Waals surface area (Å²) in [6.45, 7) is 6.55. The number of ether oxygens (including phenoxy) is 7. The van der Waals surface area contributed by atoms with Gasteiger partial charge in [0.1, 0.15) is 0 Å². The molecule has 2 aromatic rings. The lowest BCUT2D eigenvalue weighted by Crippen LogP contribution is -2.41. The van der Waals surface area contributed by atoms with Crippen LogP contribution in [0.25, 0.3) is 5.57 Å². The van der Waals surface area contributed by atoms with Gasteiger partial charge < -0.3 is 38.3 Å². The highest BCUT2D eigenvalue weighted by Crippen LogP contribution is 2.55. The molecule has 10 nitrogen and oxygen atoms in total. The SMILES string of the molecule is COc1cc(C2=C3C(=O)O[C@@H](O[C@H]4C[C@@H](C)CC[C@@H]4C(C)C)[C@@H]3[C@@H](C(=O)O)c3cc4c(cc32)OCO4)cc(OC)c1OC. The molecule has 2 aliphatic heterocycles. The van der Waals surface area contributed by atoms with E-state index >= 15 is 0 Å². The van der Waals surface area contributed by atoms with Gasteiger partial charge in [0.15, 0.2) is 23.0 Å². The number of carboxylic acid groups (broad SMARTS) is 1. The fourth-order valence-electron chi connectivity index (χ4n) is 7.26. The van der Waals surface area contributed by atoms with E-state index in [1.54, 1.807) is 24.3 Å². The summed E-state index contributed by atoms with van der Waals surface area (Å²) in [5.74, 6) is -0.577. The maximum Gasteiger partial charge on any atom is 0.337 e. The minimum Gasteiger partial charge on any atom is -0.493 e. The Morgan fingerprint density at radius 3 is 2.26 bits per heavy atom. The number of hydrogen-bond acceptors (Lipinski definition) is 9. The molecule has 43 heavy (non-hydrogen) atoms. The van der Waals surface area contributed by atoms with E-state index < -0.39 is 30.1 Å². The second-order valence-corrected chi connectivity index (χ2v) is 12.1. The number of esters is 1. The average molecular weight is 595 g/mol. The Labute approximate surface area is 250 Å². The standard InChI is InChI=1S/C33H38O10/c1-15(2)18-8-7-16(3)9-21(18)42-33-29-27(31(34)35)20-13-23-22(40-14-41-23)12-19(20)26(28(29)32(36)43-33)17-10-24(37-4)30(39-6)25(11-17)38-5/h10-13,15-16,18,21,27,29,33H,7-9,14H2,1-6H3,(H,34,35)/t16-,18+,21-,27-,29+,33+/m0/s1. The minimum atomic E-state index is -1.12. The van der Waals surface area contributed by atoms with Crippen molar-refractivity contribution in [2.45, 2.75) is 58.3 Å². The van der Waals surface area contributed by atoms with Crippen LogP contribution in [0, 0.1) is 23.7 Å². The van der Waals surface area contributed by atoms with E-state index in [4.69, 9.17) is 33.2 Å². The van der Waals surface area contributed by atoms with Crippen molar-refractivity contribution in [2.75, 3.05) is 28.1 Å². The number of carbonyl (C=O) groups is 2. The van der Waals surface area contributed by atoms with Crippen molar-refractivity contribution in [3.05, 3.63) is 46.5 Å². The number of aliphatic carboxylic acids is 1. The lowest BCUT2D eigenvalue weighted by atomic mass is 9.70. The molecule has 0 aromatic heterocycles. The van der Waals surface area contributed by atoms with Crippen LogP contribution in [0.3, 0.4) is 0 Å². The Morgan fingerprint density at radius 2 is 1.65 bits per heavy atom. The van der Waals surface area contributed by atoms with E-state index in [0.717, 1.165) is 19.3 Å². The average Bonchev–Trinajstić information content (AvgIpc) is 3.57. The molecule has 2 fully saturated rings. The first kappa shape index (κ1) is 29.2. The molecule has 1 saturated carbocycles. The van der Waals surface area contributed by atoms with Gasteiger partial charge in [0.25, 0.3) is 0 Å². The highest BCUT2D eigenvalue weighted by molar-refractivity contribution is 6.08. The highest BCUT2D eigenvalue weighted by atomic mass is 16.7. The van der Waals surface area contributed by atoms with E-state index in [9.17, 15) is 14.7 Å². The van der Waals surface area contributed by atoms with Gasteiger partial charge in [-0.05, 0) is 71.6 Å². The van der Waals surface area contributed by atoms with Crippen LogP contribution in [0.1, 0.15) is 62.6 Å². The summed E-state index contributed by atoms with van der Waals surface area (Å²) in [5, 5.41) is 10.7. The molecular formula is C33H38O10. The maximum absolute atomic E-state index is 13.9. The summed E-state index contributed by atoms with van der Waals surface area (Å²) < 4.78 is 40.7. The molecule has 10 heteroatoms. The van der Waals surface area contributed by atoms with E-state index in [0.29, 0.717) is 62.8 Å². The second-order valence-electron chi connectivity index (χ2n) is 12.1. The molecule has 0 amide bonds. The summed E-state index contributed by atoms with van der Waals surface area (Å²) in [5.41, 5.74) is 2.33. The number of methoxy groups -OCH3 is 3. The van der Waals surface area contributed by atoms with Crippen molar-refractivity contribution in [2.24, 2.45) is 23.7 Å². The molecule has 0 unspecified atom stereocenters. The molecule has 6 atom stereocenters. The first-order valence-electron chi connectivity index (χ1n) is 14.7. The predicted octanol–water partition coefficient (Wildman–Crippen LogP) is 5.40. The number of rotatable bonds is 8. The molecule has 6 rings (SSSR count). The van der Waals surface area contributed by atoms with Crippen molar-refractivity contribution in [1.29, 1.82) is 0 Å². The van der Waals surface area contributed by atoms with E-state index in [1.807, 2.05) is 0 Å². The fourth-order valence-corrected chi connectivity index (χ4v) is 7.26. The molecular weight excluding hydrogens is 556 g/mol. The van der Waals surface area contributed by atoms with Gasteiger partial charge in [-0.1, -0.05) is 27.2 Å². The number of hydrogen-bond donors (Lipinski definition) is 1. The number of cyclic esters (lactones) is 1. The van der Waals surface area contributed by atoms with E-state index in [-0.39, 0.29) is 24.4 Å². The van der Waals surface area contributed by atoms with Crippen LogP contribution >= 0.6 is 0 Å². The van der Waals surface area contributed by atoms with Crippen molar-refractivity contribution in [3.8, 4) is 28.7 Å². The topological polar surface area (TPSA) is 119 Å². The zero-order chi connectivity index (χ0) is 30.6. The quantitative estimate of drug-likeness (QED) is 0.398. The van der Waals surface area contributed by atoms with Gasteiger partial charge in [0.05, 0.1) is 44.8 Å². The molecule has 1 saturated heterocycles. The molecule has 0 bridgehead atoms. The first-order valence-corrected chi connectivity index (χ1v) is 14.7. The lowest BCUT2D eigenvalue weighted by molar-refractivity contribution is -0.199. The van der Waals surface area contributed by atoms with Crippen molar-refractivity contribution in [1.82, 2.24) is 0 Å². The van der Waals surface area contributed by atoms with Gasteiger partial charge in [-0.25, -0.2) is 4.79 Å². The van der Waals surface area contributed by atoms with Gasteiger partial charge in [0, 0.05) is 5.57 Å². The minimum absolute atomic E-state index is 0.0136. The summed E-state index contributed by atoms with van der Waals surface area (Å²) in [6, 6.07) is 6.92. The summed E-state index contributed by atoms with van der Waals surface area (Å²) in [7, 11) is 4.54.